The first-order valence-corrected chi connectivity index (χ1v) is 7.61. The Bertz CT molecular complexity index is 598. The predicted octanol–water partition coefficient (Wildman–Crippen LogP) is 3.35. The van der Waals surface area contributed by atoms with E-state index in [-0.39, 0.29) is 5.91 Å². The van der Waals surface area contributed by atoms with Crippen LogP contribution in [0.4, 0.5) is 11.6 Å². The molecule has 0 aliphatic carbocycles. The number of benzene rings is 1. The molecule has 1 heterocycles. The Hall–Kier alpha value is -2.43. The van der Waals surface area contributed by atoms with E-state index in [1.165, 1.54) is 0 Å². The fraction of sp³-hybridized carbons (Fsp3) is 0.353. The zero-order valence-electron chi connectivity index (χ0n) is 13.3. The van der Waals surface area contributed by atoms with Crippen LogP contribution in [0.1, 0.15) is 37.6 Å². The zero-order valence-corrected chi connectivity index (χ0v) is 13.3. The number of carbonyl (C=O) groups is 1. The van der Waals surface area contributed by atoms with Gasteiger partial charge in [0.1, 0.15) is 0 Å². The molecule has 2 aromatic rings. The third kappa shape index (κ3) is 3.81. The molecule has 2 rings (SSSR count). The average Bonchev–Trinajstić information content (AvgIpc) is 2.57. The van der Waals surface area contributed by atoms with Crippen molar-refractivity contribution in [2.75, 3.05) is 16.8 Å². The molecule has 0 radical (unpaired) electrons. The number of aromatic nitrogens is 2. The van der Waals surface area contributed by atoms with Gasteiger partial charge in [-0.1, -0.05) is 25.1 Å². The summed E-state index contributed by atoms with van der Waals surface area (Å²) in [6.45, 7) is 6.70. The summed E-state index contributed by atoms with van der Waals surface area (Å²) >= 11 is 0. The van der Waals surface area contributed by atoms with E-state index < -0.39 is 0 Å². The van der Waals surface area contributed by atoms with E-state index in [9.17, 15) is 4.79 Å². The second-order valence-corrected chi connectivity index (χ2v) is 5.13. The van der Waals surface area contributed by atoms with E-state index >= 15 is 0 Å². The number of rotatable bonds is 6. The summed E-state index contributed by atoms with van der Waals surface area (Å²) in [5.41, 5.74) is 1.36. The molecule has 1 aromatic heterocycles. The van der Waals surface area contributed by atoms with Crippen molar-refractivity contribution in [2.24, 2.45) is 0 Å². The van der Waals surface area contributed by atoms with Crippen LogP contribution in [0.3, 0.4) is 0 Å². The molecule has 0 fully saturated rings. The largest absolute Gasteiger partial charge is 0.352 e. The van der Waals surface area contributed by atoms with E-state index in [4.69, 9.17) is 0 Å². The molecule has 22 heavy (non-hydrogen) atoms. The molecule has 5 heteroatoms. The van der Waals surface area contributed by atoms with Gasteiger partial charge in [-0.15, -0.1) is 0 Å². The van der Waals surface area contributed by atoms with Crippen LogP contribution in [-0.2, 0) is 0 Å². The van der Waals surface area contributed by atoms with Gasteiger partial charge in [0.05, 0.1) is 5.56 Å². The fourth-order valence-electron chi connectivity index (χ4n) is 2.04. The highest BCUT2D eigenvalue weighted by molar-refractivity contribution is 6.05. The molecule has 0 aliphatic rings. The lowest BCUT2D eigenvalue weighted by Gasteiger charge is -2.21. The van der Waals surface area contributed by atoms with Gasteiger partial charge < -0.3 is 10.2 Å². The minimum absolute atomic E-state index is 0.0937. The van der Waals surface area contributed by atoms with Crippen LogP contribution < -0.4 is 10.2 Å². The number of nitrogens with zero attached hydrogens (tertiary/aromatic N) is 3. The normalized spacial score (nSPS) is 11.8. The summed E-state index contributed by atoms with van der Waals surface area (Å²) in [6, 6.07) is 9.91. The molecule has 0 aliphatic heterocycles. The molecule has 1 unspecified atom stereocenters. The number of amides is 1. The van der Waals surface area contributed by atoms with Crippen molar-refractivity contribution in [3.05, 3.63) is 48.3 Å². The fourth-order valence-corrected chi connectivity index (χ4v) is 2.04. The van der Waals surface area contributed by atoms with Gasteiger partial charge in [0.15, 0.2) is 0 Å². The molecule has 0 saturated carbocycles. The minimum atomic E-state index is -0.0937. The van der Waals surface area contributed by atoms with Crippen LogP contribution in [0.2, 0.25) is 0 Å². The number of para-hydroxylation sites is 1. The number of carbonyl (C=O) groups excluding carboxylic acids is 1. The average molecular weight is 298 g/mol. The summed E-state index contributed by atoms with van der Waals surface area (Å²) in [5.74, 6) is 0.456. The monoisotopic (exact) mass is 298 g/mol. The third-order valence-electron chi connectivity index (χ3n) is 3.52. The third-order valence-corrected chi connectivity index (χ3v) is 3.52. The highest BCUT2D eigenvalue weighted by Gasteiger charge is 2.16. The minimum Gasteiger partial charge on any atom is -0.352 e. The molecule has 1 amide bonds. The zero-order chi connectivity index (χ0) is 15.9. The van der Waals surface area contributed by atoms with E-state index in [0.29, 0.717) is 24.1 Å². The first kappa shape index (κ1) is 15.9. The Morgan fingerprint density at radius 3 is 2.36 bits per heavy atom. The lowest BCUT2D eigenvalue weighted by molar-refractivity contribution is 0.0987. The Morgan fingerprint density at radius 2 is 1.82 bits per heavy atom. The van der Waals surface area contributed by atoms with Gasteiger partial charge >= 0.3 is 0 Å². The van der Waals surface area contributed by atoms with Crippen molar-refractivity contribution in [1.29, 1.82) is 0 Å². The highest BCUT2D eigenvalue weighted by atomic mass is 16.2. The van der Waals surface area contributed by atoms with E-state index in [1.54, 1.807) is 17.3 Å². The molecule has 1 aromatic carbocycles. The van der Waals surface area contributed by atoms with Crippen molar-refractivity contribution in [3.63, 3.8) is 0 Å². The van der Waals surface area contributed by atoms with Gasteiger partial charge in [-0.3, -0.25) is 4.79 Å². The quantitative estimate of drug-likeness (QED) is 0.888. The Labute approximate surface area is 131 Å². The summed E-state index contributed by atoms with van der Waals surface area (Å²) in [7, 11) is 0. The molecule has 5 nitrogen and oxygen atoms in total. The lowest BCUT2D eigenvalue weighted by atomic mass is 10.2. The Balaban J connectivity index is 2.14. The maximum Gasteiger partial charge on any atom is 0.261 e. The first-order chi connectivity index (χ1) is 10.7. The van der Waals surface area contributed by atoms with Gasteiger partial charge in [-0.25, -0.2) is 9.97 Å². The molecule has 0 bridgehead atoms. The number of nitrogens with one attached hydrogen (secondary N) is 1. The van der Waals surface area contributed by atoms with Crippen molar-refractivity contribution in [3.8, 4) is 0 Å². The smallest absolute Gasteiger partial charge is 0.261 e. The van der Waals surface area contributed by atoms with Crippen molar-refractivity contribution >= 4 is 17.5 Å². The van der Waals surface area contributed by atoms with Crippen molar-refractivity contribution < 1.29 is 4.79 Å². The van der Waals surface area contributed by atoms with Crippen LogP contribution in [0.5, 0.6) is 0 Å². The number of hydrogen-bond acceptors (Lipinski definition) is 4. The molecule has 1 atom stereocenters. The van der Waals surface area contributed by atoms with Crippen molar-refractivity contribution in [2.45, 2.75) is 33.2 Å². The van der Waals surface area contributed by atoms with Crippen LogP contribution in [0.25, 0.3) is 0 Å². The van der Waals surface area contributed by atoms with Gasteiger partial charge in [-0.05, 0) is 32.4 Å². The van der Waals surface area contributed by atoms with E-state index in [1.807, 2.05) is 37.3 Å². The maximum atomic E-state index is 12.6. The standard InChI is InChI=1S/C17H22N4O/c1-4-13(3)20-17-18-11-14(12-19-17)16(22)21(5-2)15-9-7-6-8-10-15/h6-13H,4-5H2,1-3H3,(H,18,19,20). The highest BCUT2D eigenvalue weighted by Crippen LogP contribution is 2.16. The molecule has 0 saturated heterocycles. The summed E-state index contributed by atoms with van der Waals surface area (Å²) in [6.07, 6.45) is 4.14. The second kappa shape index (κ2) is 7.54. The predicted molar refractivity (Wildman–Crippen MR) is 89.2 cm³/mol. The topological polar surface area (TPSA) is 58.1 Å². The SMILES string of the molecule is CCC(C)Nc1ncc(C(=O)N(CC)c2ccccc2)cn1. The van der Waals surface area contributed by atoms with Gasteiger partial charge in [0.2, 0.25) is 5.95 Å². The second-order valence-electron chi connectivity index (χ2n) is 5.13. The molecular weight excluding hydrogens is 276 g/mol. The van der Waals surface area contributed by atoms with Crippen LogP contribution in [0.15, 0.2) is 42.7 Å². The molecule has 0 spiro atoms. The summed E-state index contributed by atoms with van der Waals surface area (Å²) in [5, 5.41) is 3.19. The van der Waals surface area contributed by atoms with Crippen molar-refractivity contribution in [1.82, 2.24) is 9.97 Å². The van der Waals surface area contributed by atoms with Gasteiger partial charge in [0, 0.05) is 30.7 Å². The molecule has 1 N–H and O–H groups in total. The summed E-state index contributed by atoms with van der Waals surface area (Å²) < 4.78 is 0. The lowest BCUT2D eigenvalue weighted by Crippen LogP contribution is -2.30. The van der Waals surface area contributed by atoms with Gasteiger partial charge in [-0.2, -0.15) is 0 Å². The Kier molecular flexibility index (Phi) is 5.47. The molecular formula is C17H22N4O. The first-order valence-electron chi connectivity index (χ1n) is 7.61. The maximum absolute atomic E-state index is 12.6. The van der Waals surface area contributed by atoms with E-state index in [2.05, 4.69) is 29.1 Å². The van der Waals surface area contributed by atoms with Crippen LogP contribution in [0, 0.1) is 0 Å². The van der Waals surface area contributed by atoms with Gasteiger partial charge in [0.25, 0.3) is 5.91 Å². The van der Waals surface area contributed by atoms with E-state index in [0.717, 1.165) is 12.1 Å². The summed E-state index contributed by atoms with van der Waals surface area (Å²) in [4.78, 5) is 22.8. The number of anilines is 2. The molecule has 116 valence electrons. The van der Waals surface area contributed by atoms with Crippen LogP contribution >= 0.6 is 0 Å². The number of hydrogen-bond donors (Lipinski definition) is 1. The Morgan fingerprint density at radius 1 is 1.18 bits per heavy atom. The van der Waals surface area contributed by atoms with Crippen LogP contribution in [-0.4, -0.2) is 28.5 Å².